The number of primary amides is 1. The molecule has 0 saturated heterocycles. The number of H-pyrrole nitrogens is 1. The van der Waals surface area contributed by atoms with Crippen LogP contribution in [0.15, 0.2) is 54.7 Å². The highest BCUT2D eigenvalue weighted by molar-refractivity contribution is 5.79. The summed E-state index contributed by atoms with van der Waals surface area (Å²) in [6.07, 6.45) is 3.44. The summed E-state index contributed by atoms with van der Waals surface area (Å²) in [6.45, 7) is 6.48. The summed E-state index contributed by atoms with van der Waals surface area (Å²) < 4.78 is 0. The van der Waals surface area contributed by atoms with Crippen molar-refractivity contribution in [3.8, 4) is 0 Å². The molecule has 0 bridgehead atoms. The Morgan fingerprint density at radius 1 is 1.14 bits per heavy atom. The number of aromatic nitrogens is 2. The predicted octanol–water partition coefficient (Wildman–Crippen LogP) is 4.11. The van der Waals surface area contributed by atoms with Crippen LogP contribution in [0.4, 0.5) is 0 Å². The van der Waals surface area contributed by atoms with Crippen molar-refractivity contribution >= 4 is 16.8 Å². The molecule has 154 valence electrons. The van der Waals surface area contributed by atoms with Gasteiger partial charge in [-0.2, -0.15) is 5.10 Å². The van der Waals surface area contributed by atoms with Gasteiger partial charge in [-0.15, -0.1) is 0 Å². The average Bonchev–Trinajstić information content (AvgIpc) is 3.18. The van der Waals surface area contributed by atoms with E-state index in [9.17, 15) is 4.79 Å². The number of carbonyl (C=O) groups is 1. The molecule has 1 heterocycles. The summed E-state index contributed by atoms with van der Waals surface area (Å²) in [7, 11) is 2.14. The Labute approximate surface area is 173 Å². The SMILES string of the molecule is CC(c1ccccc1)C(C[C@@H](Cc1ccc2[nH]ncc2c1)N(C)C(C)C)C(N)=O. The largest absolute Gasteiger partial charge is 0.369 e. The van der Waals surface area contributed by atoms with Crippen LogP contribution in [0.2, 0.25) is 0 Å². The van der Waals surface area contributed by atoms with Crippen LogP contribution in [0.3, 0.4) is 0 Å². The number of benzene rings is 2. The van der Waals surface area contributed by atoms with Crippen molar-refractivity contribution in [3.63, 3.8) is 0 Å². The molecular weight excluding hydrogens is 360 g/mol. The van der Waals surface area contributed by atoms with Crippen LogP contribution in [-0.2, 0) is 11.2 Å². The standard InChI is InChI=1S/C24H32N4O/c1-16(2)28(4)21(13-18-10-11-23-20(12-18)15-26-27-23)14-22(24(25)29)17(3)19-8-6-5-7-9-19/h5-12,15-17,21-22H,13-14H2,1-4H3,(H2,25,29)(H,26,27)/t17?,21-,22?/m1/s1. The molecule has 2 unspecified atom stereocenters. The number of carbonyl (C=O) groups excluding carboxylic acids is 1. The number of aromatic amines is 1. The van der Waals surface area contributed by atoms with Crippen molar-refractivity contribution in [1.82, 2.24) is 15.1 Å². The van der Waals surface area contributed by atoms with Crippen LogP contribution in [0.5, 0.6) is 0 Å². The van der Waals surface area contributed by atoms with Crippen LogP contribution in [0.1, 0.15) is 44.2 Å². The molecule has 0 radical (unpaired) electrons. The molecule has 3 N–H and O–H groups in total. The molecule has 0 fully saturated rings. The third-order valence-electron chi connectivity index (χ3n) is 6.19. The van der Waals surface area contributed by atoms with Crippen molar-refractivity contribution in [2.75, 3.05) is 7.05 Å². The minimum Gasteiger partial charge on any atom is -0.369 e. The fourth-order valence-electron chi connectivity index (χ4n) is 4.06. The number of nitrogens with two attached hydrogens (primary N) is 1. The second kappa shape index (κ2) is 9.23. The summed E-state index contributed by atoms with van der Waals surface area (Å²) in [5.74, 6) is -0.372. The second-order valence-electron chi connectivity index (χ2n) is 8.35. The van der Waals surface area contributed by atoms with Crippen LogP contribution in [-0.4, -0.2) is 40.1 Å². The zero-order chi connectivity index (χ0) is 21.0. The zero-order valence-electron chi connectivity index (χ0n) is 17.8. The lowest BCUT2D eigenvalue weighted by Gasteiger charge is -2.35. The van der Waals surface area contributed by atoms with Gasteiger partial charge >= 0.3 is 0 Å². The van der Waals surface area contributed by atoms with Gasteiger partial charge in [0.25, 0.3) is 0 Å². The third-order valence-corrected chi connectivity index (χ3v) is 6.19. The molecule has 3 rings (SSSR count). The maximum Gasteiger partial charge on any atom is 0.221 e. The molecule has 3 aromatic rings. The molecule has 0 aliphatic heterocycles. The molecule has 29 heavy (non-hydrogen) atoms. The molecule has 5 nitrogen and oxygen atoms in total. The van der Waals surface area contributed by atoms with E-state index in [1.54, 1.807) is 0 Å². The van der Waals surface area contributed by atoms with E-state index in [0.717, 1.165) is 29.3 Å². The molecule has 0 aliphatic rings. The smallest absolute Gasteiger partial charge is 0.221 e. The van der Waals surface area contributed by atoms with Crippen LogP contribution < -0.4 is 5.73 Å². The number of hydrogen-bond acceptors (Lipinski definition) is 3. The monoisotopic (exact) mass is 392 g/mol. The normalized spacial score (nSPS) is 15.0. The van der Waals surface area contributed by atoms with Crippen molar-refractivity contribution < 1.29 is 4.79 Å². The number of rotatable bonds is 9. The fourth-order valence-corrected chi connectivity index (χ4v) is 4.06. The molecule has 2 aromatic carbocycles. The number of fused-ring (bicyclic) bond motifs is 1. The number of hydrogen-bond donors (Lipinski definition) is 2. The quantitative estimate of drug-likeness (QED) is 0.575. The van der Waals surface area contributed by atoms with Crippen molar-refractivity contribution in [3.05, 3.63) is 65.9 Å². The topological polar surface area (TPSA) is 75.0 Å². The summed E-state index contributed by atoms with van der Waals surface area (Å²) in [6, 6.07) is 17.2. The lowest BCUT2D eigenvalue weighted by atomic mass is 9.81. The van der Waals surface area contributed by atoms with Gasteiger partial charge in [-0.25, -0.2) is 0 Å². The average molecular weight is 393 g/mol. The van der Waals surface area contributed by atoms with Gasteiger partial charge in [0.05, 0.1) is 11.7 Å². The Balaban J connectivity index is 1.85. The Morgan fingerprint density at radius 3 is 2.52 bits per heavy atom. The number of nitrogens with zero attached hydrogens (tertiary/aromatic N) is 2. The first-order chi connectivity index (χ1) is 13.9. The van der Waals surface area contributed by atoms with Gasteiger partial charge in [0.2, 0.25) is 5.91 Å². The van der Waals surface area contributed by atoms with E-state index in [0.29, 0.717) is 6.04 Å². The summed E-state index contributed by atoms with van der Waals surface area (Å²) >= 11 is 0. The van der Waals surface area contributed by atoms with Gasteiger partial charge in [0.1, 0.15) is 0 Å². The summed E-state index contributed by atoms with van der Waals surface area (Å²) in [5.41, 5.74) is 9.32. The van der Waals surface area contributed by atoms with Gasteiger partial charge in [-0.3, -0.25) is 9.89 Å². The first-order valence-corrected chi connectivity index (χ1v) is 10.3. The Kier molecular flexibility index (Phi) is 6.70. The minimum atomic E-state index is -0.228. The molecule has 0 aliphatic carbocycles. The van der Waals surface area contributed by atoms with Gasteiger partial charge in [0, 0.05) is 23.4 Å². The predicted molar refractivity (Wildman–Crippen MR) is 119 cm³/mol. The van der Waals surface area contributed by atoms with E-state index in [1.807, 2.05) is 24.4 Å². The maximum absolute atomic E-state index is 12.4. The van der Waals surface area contributed by atoms with Gasteiger partial charge in [-0.05, 0) is 62.9 Å². The minimum absolute atomic E-state index is 0.0770. The van der Waals surface area contributed by atoms with E-state index in [1.165, 1.54) is 5.56 Å². The van der Waals surface area contributed by atoms with Crippen LogP contribution in [0, 0.1) is 5.92 Å². The fraction of sp³-hybridized carbons (Fsp3) is 0.417. The summed E-state index contributed by atoms with van der Waals surface area (Å²) in [4.78, 5) is 14.8. The molecule has 5 heteroatoms. The lowest BCUT2D eigenvalue weighted by molar-refractivity contribution is -0.123. The van der Waals surface area contributed by atoms with Crippen LogP contribution >= 0.6 is 0 Å². The zero-order valence-corrected chi connectivity index (χ0v) is 17.8. The molecule has 0 spiro atoms. The van der Waals surface area contributed by atoms with E-state index < -0.39 is 0 Å². The van der Waals surface area contributed by atoms with Gasteiger partial charge in [0.15, 0.2) is 0 Å². The first kappa shape index (κ1) is 21.1. The van der Waals surface area contributed by atoms with Gasteiger partial charge < -0.3 is 10.6 Å². The van der Waals surface area contributed by atoms with E-state index in [-0.39, 0.29) is 23.8 Å². The maximum atomic E-state index is 12.4. The van der Waals surface area contributed by atoms with Gasteiger partial charge in [-0.1, -0.05) is 43.3 Å². The van der Waals surface area contributed by atoms with E-state index >= 15 is 0 Å². The third kappa shape index (κ3) is 5.04. The lowest BCUT2D eigenvalue weighted by Crippen LogP contribution is -2.42. The van der Waals surface area contributed by atoms with E-state index in [4.69, 9.17) is 5.73 Å². The van der Waals surface area contributed by atoms with Crippen molar-refractivity contribution in [1.29, 1.82) is 0 Å². The highest BCUT2D eigenvalue weighted by atomic mass is 16.1. The first-order valence-electron chi connectivity index (χ1n) is 10.3. The highest BCUT2D eigenvalue weighted by Gasteiger charge is 2.30. The van der Waals surface area contributed by atoms with E-state index in [2.05, 4.69) is 73.2 Å². The Morgan fingerprint density at radius 2 is 1.86 bits per heavy atom. The second-order valence-corrected chi connectivity index (χ2v) is 8.35. The Bertz CT molecular complexity index is 934. The van der Waals surface area contributed by atoms with Crippen LogP contribution in [0.25, 0.3) is 10.9 Å². The number of likely N-dealkylation sites (N-methyl/N-ethyl adjacent to an activating group) is 1. The highest BCUT2D eigenvalue weighted by Crippen LogP contribution is 2.30. The molecule has 1 aromatic heterocycles. The molecule has 3 atom stereocenters. The summed E-state index contributed by atoms with van der Waals surface area (Å²) in [5, 5.41) is 8.23. The van der Waals surface area contributed by atoms with Crippen molar-refractivity contribution in [2.45, 2.75) is 51.6 Å². The molecule has 1 amide bonds. The molecule has 0 saturated carbocycles. The van der Waals surface area contributed by atoms with Crippen molar-refractivity contribution in [2.24, 2.45) is 11.7 Å². The number of nitrogens with one attached hydrogen (secondary N) is 1. The Hall–Kier alpha value is -2.66. The number of amides is 1. The molecular formula is C24H32N4O.